The minimum Gasteiger partial charge on any atom is -0.465 e. The van der Waals surface area contributed by atoms with Crippen LogP contribution >= 0.6 is 0 Å². The van der Waals surface area contributed by atoms with Gasteiger partial charge in [-0.25, -0.2) is 0 Å². The van der Waals surface area contributed by atoms with Crippen molar-refractivity contribution in [1.82, 2.24) is 4.90 Å². The summed E-state index contributed by atoms with van der Waals surface area (Å²) in [6, 6.07) is 23.9. The second-order valence-electron chi connectivity index (χ2n) is 7.95. The molecule has 0 bridgehead atoms. The lowest BCUT2D eigenvalue weighted by molar-refractivity contribution is -0.144. The van der Waals surface area contributed by atoms with Crippen LogP contribution in [0.3, 0.4) is 0 Å². The molecule has 0 saturated heterocycles. The van der Waals surface area contributed by atoms with Crippen molar-refractivity contribution >= 4 is 5.97 Å². The molecule has 30 heavy (non-hydrogen) atoms. The molecule has 3 heteroatoms. The Morgan fingerprint density at radius 3 is 2.47 bits per heavy atom. The lowest BCUT2D eigenvalue weighted by Crippen LogP contribution is -2.30. The number of esters is 1. The molecule has 1 aliphatic rings. The van der Waals surface area contributed by atoms with Gasteiger partial charge in [0, 0.05) is 6.54 Å². The van der Waals surface area contributed by atoms with E-state index in [2.05, 4.69) is 78.6 Å². The van der Waals surface area contributed by atoms with Gasteiger partial charge in [0.1, 0.15) is 0 Å². The van der Waals surface area contributed by atoms with Crippen LogP contribution in [0.25, 0.3) is 22.3 Å². The van der Waals surface area contributed by atoms with Crippen molar-refractivity contribution in [1.29, 1.82) is 0 Å². The summed E-state index contributed by atoms with van der Waals surface area (Å²) in [6.45, 7) is 6.60. The Morgan fingerprint density at radius 2 is 1.70 bits per heavy atom. The summed E-state index contributed by atoms with van der Waals surface area (Å²) in [5.74, 6) is -0.133. The van der Waals surface area contributed by atoms with Crippen molar-refractivity contribution in [2.75, 3.05) is 19.7 Å². The van der Waals surface area contributed by atoms with Crippen LogP contribution in [-0.4, -0.2) is 30.6 Å². The number of aryl methyl sites for hydroxylation is 1. The minimum atomic E-state index is -0.133. The van der Waals surface area contributed by atoms with E-state index >= 15 is 0 Å². The number of rotatable bonds is 5. The van der Waals surface area contributed by atoms with E-state index in [1.54, 1.807) is 0 Å². The summed E-state index contributed by atoms with van der Waals surface area (Å²) in [6.07, 6.45) is 2.10. The first-order valence-corrected chi connectivity index (χ1v) is 10.8. The maximum absolute atomic E-state index is 11.9. The topological polar surface area (TPSA) is 29.5 Å². The first kappa shape index (κ1) is 20.4. The lowest BCUT2D eigenvalue weighted by atomic mass is 9.91. The molecule has 3 aromatic carbocycles. The van der Waals surface area contributed by atoms with Crippen LogP contribution in [0, 0.1) is 6.92 Å². The fraction of sp³-hybridized carbons (Fsp3) is 0.296. The second-order valence-corrected chi connectivity index (χ2v) is 7.95. The van der Waals surface area contributed by atoms with Gasteiger partial charge >= 0.3 is 5.97 Å². The molecule has 4 rings (SSSR count). The number of nitrogens with zero attached hydrogens (tertiary/aromatic N) is 1. The van der Waals surface area contributed by atoms with Crippen LogP contribution in [0.5, 0.6) is 0 Å². The maximum Gasteiger partial charge on any atom is 0.320 e. The fourth-order valence-corrected chi connectivity index (χ4v) is 4.40. The normalized spacial score (nSPS) is 14.1. The van der Waals surface area contributed by atoms with Crippen LogP contribution in [0.1, 0.15) is 30.0 Å². The Kier molecular flexibility index (Phi) is 6.29. The van der Waals surface area contributed by atoms with E-state index in [-0.39, 0.29) is 5.97 Å². The third-order valence-electron chi connectivity index (χ3n) is 5.91. The van der Waals surface area contributed by atoms with Crippen molar-refractivity contribution in [3.8, 4) is 22.3 Å². The molecule has 154 valence electrons. The molecular weight excluding hydrogens is 370 g/mol. The number of carbonyl (C=O) groups excluding carboxylic acids is 1. The van der Waals surface area contributed by atoms with Crippen molar-refractivity contribution in [2.24, 2.45) is 0 Å². The fourth-order valence-electron chi connectivity index (χ4n) is 4.40. The van der Waals surface area contributed by atoms with Gasteiger partial charge in [0.2, 0.25) is 0 Å². The smallest absolute Gasteiger partial charge is 0.320 e. The van der Waals surface area contributed by atoms with Gasteiger partial charge in [-0.1, -0.05) is 66.7 Å². The van der Waals surface area contributed by atoms with Gasteiger partial charge in [0.05, 0.1) is 13.2 Å². The minimum absolute atomic E-state index is 0.133. The Balaban J connectivity index is 1.61. The number of hydrogen-bond donors (Lipinski definition) is 0. The van der Waals surface area contributed by atoms with Crippen LogP contribution in [0.4, 0.5) is 0 Å². The molecule has 1 heterocycles. The number of benzene rings is 3. The van der Waals surface area contributed by atoms with E-state index in [1.165, 1.54) is 38.9 Å². The number of ether oxygens (including phenoxy) is 1. The maximum atomic E-state index is 11.9. The van der Waals surface area contributed by atoms with Crippen LogP contribution in [-0.2, 0) is 22.5 Å². The highest BCUT2D eigenvalue weighted by Gasteiger charge is 2.18. The van der Waals surface area contributed by atoms with Gasteiger partial charge in [0.25, 0.3) is 0 Å². The Morgan fingerprint density at radius 1 is 0.933 bits per heavy atom. The molecule has 1 aliphatic heterocycles. The van der Waals surface area contributed by atoms with E-state index in [1.807, 2.05) is 6.92 Å². The molecule has 0 atom stereocenters. The van der Waals surface area contributed by atoms with Gasteiger partial charge in [0.15, 0.2) is 0 Å². The summed E-state index contributed by atoms with van der Waals surface area (Å²) >= 11 is 0. The molecule has 0 saturated carbocycles. The molecule has 3 aromatic rings. The van der Waals surface area contributed by atoms with Gasteiger partial charge in [-0.3, -0.25) is 9.69 Å². The standard InChI is InChI=1S/C27H29NO2/c1-3-30-27(29)19-28-16-8-11-22-17-23(14-15-24(22)18-28)26-13-7-12-25(20(26)2)21-9-5-4-6-10-21/h4-7,9-10,12-15,17H,3,8,11,16,18-19H2,1-2H3. The van der Waals surface area contributed by atoms with Gasteiger partial charge in [-0.15, -0.1) is 0 Å². The highest BCUT2D eigenvalue weighted by molar-refractivity contribution is 5.78. The highest BCUT2D eigenvalue weighted by atomic mass is 16.5. The lowest BCUT2D eigenvalue weighted by Gasteiger charge is -2.19. The number of hydrogen-bond acceptors (Lipinski definition) is 3. The molecular formula is C27H29NO2. The third-order valence-corrected chi connectivity index (χ3v) is 5.91. The zero-order chi connectivity index (χ0) is 20.9. The summed E-state index contributed by atoms with van der Waals surface area (Å²) in [4.78, 5) is 14.1. The van der Waals surface area contributed by atoms with E-state index in [4.69, 9.17) is 4.74 Å². The largest absolute Gasteiger partial charge is 0.465 e. The van der Waals surface area contributed by atoms with Crippen molar-refractivity contribution in [3.63, 3.8) is 0 Å². The van der Waals surface area contributed by atoms with Crippen LogP contribution < -0.4 is 0 Å². The zero-order valence-corrected chi connectivity index (χ0v) is 17.9. The number of carbonyl (C=O) groups is 1. The average Bonchev–Trinajstić information content (AvgIpc) is 2.95. The molecule has 0 amide bonds. The first-order valence-electron chi connectivity index (χ1n) is 10.8. The third kappa shape index (κ3) is 4.47. The highest BCUT2D eigenvalue weighted by Crippen LogP contribution is 2.33. The van der Waals surface area contributed by atoms with Gasteiger partial charge < -0.3 is 4.74 Å². The Bertz CT molecular complexity index is 1030. The molecule has 0 spiro atoms. The van der Waals surface area contributed by atoms with Gasteiger partial charge in [-0.2, -0.15) is 0 Å². The summed E-state index contributed by atoms with van der Waals surface area (Å²) in [7, 11) is 0. The van der Waals surface area contributed by atoms with Crippen molar-refractivity contribution in [2.45, 2.75) is 33.2 Å². The molecule has 0 N–H and O–H groups in total. The van der Waals surface area contributed by atoms with Crippen LogP contribution in [0.2, 0.25) is 0 Å². The summed E-state index contributed by atoms with van der Waals surface area (Å²) in [5, 5.41) is 0. The Hall–Kier alpha value is -2.91. The van der Waals surface area contributed by atoms with E-state index in [0.717, 1.165) is 25.9 Å². The first-order chi connectivity index (χ1) is 14.7. The zero-order valence-electron chi connectivity index (χ0n) is 17.9. The van der Waals surface area contributed by atoms with Crippen LogP contribution in [0.15, 0.2) is 66.7 Å². The molecule has 0 aromatic heterocycles. The average molecular weight is 400 g/mol. The molecule has 3 nitrogen and oxygen atoms in total. The van der Waals surface area contributed by atoms with E-state index in [0.29, 0.717) is 13.2 Å². The monoisotopic (exact) mass is 399 g/mol. The predicted molar refractivity (Wildman–Crippen MR) is 122 cm³/mol. The predicted octanol–water partition coefficient (Wildman–Crippen LogP) is 5.64. The van der Waals surface area contributed by atoms with Crippen molar-refractivity contribution < 1.29 is 9.53 Å². The molecule has 0 fully saturated rings. The summed E-state index contributed by atoms with van der Waals surface area (Å²) < 4.78 is 5.13. The van der Waals surface area contributed by atoms with E-state index < -0.39 is 0 Å². The molecule has 0 aliphatic carbocycles. The number of fused-ring (bicyclic) bond motifs is 1. The summed E-state index contributed by atoms with van der Waals surface area (Å²) in [5.41, 5.74) is 9.10. The van der Waals surface area contributed by atoms with Crippen molar-refractivity contribution in [3.05, 3.63) is 83.4 Å². The van der Waals surface area contributed by atoms with Gasteiger partial charge in [-0.05, 0) is 72.2 Å². The quantitative estimate of drug-likeness (QED) is 0.520. The Labute approximate surface area is 179 Å². The second kappa shape index (κ2) is 9.27. The molecule has 0 radical (unpaired) electrons. The van der Waals surface area contributed by atoms with E-state index in [9.17, 15) is 4.79 Å². The molecule has 0 unspecified atom stereocenters. The SMILES string of the molecule is CCOC(=O)CN1CCCc2cc(-c3cccc(-c4ccccc4)c3C)ccc2C1.